The number of unbranched alkanes of at least 4 members (excludes halogenated alkanes) is 1. The van der Waals surface area contributed by atoms with Crippen molar-refractivity contribution in [2.75, 3.05) is 6.61 Å². The summed E-state index contributed by atoms with van der Waals surface area (Å²) in [6.45, 7) is 8.50. The minimum absolute atomic E-state index is 0.0789. The average molecular weight is 278 g/mol. The predicted octanol–water partition coefficient (Wildman–Crippen LogP) is 4.32. The fourth-order valence-corrected chi connectivity index (χ4v) is 2.31. The molecule has 112 valence electrons. The molecule has 1 aliphatic rings. The van der Waals surface area contributed by atoms with Gasteiger partial charge in [-0.1, -0.05) is 32.1 Å². The van der Waals surface area contributed by atoms with Gasteiger partial charge in [-0.25, -0.2) is 0 Å². The SMILES string of the molecule is C=C/C=C(\C=C(/C)OCCCC)C(CC(=O)O)C1CC1. The first-order chi connectivity index (χ1) is 9.58. The number of hydrogen-bond acceptors (Lipinski definition) is 2. The Morgan fingerprint density at radius 2 is 2.20 bits per heavy atom. The number of ether oxygens (including phenoxy) is 1. The van der Waals surface area contributed by atoms with E-state index in [1.807, 2.05) is 19.1 Å². The van der Waals surface area contributed by atoms with Crippen LogP contribution in [0.1, 0.15) is 46.0 Å². The maximum absolute atomic E-state index is 11.0. The molecule has 1 aliphatic carbocycles. The van der Waals surface area contributed by atoms with Gasteiger partial charge in [0.25, 0.3) is 0 Å². The lowest BCUT2D eigenvalue weighted by atomic mass is 9.90. The van der Waals surface area contributed by atoms with Crippen LogP contribution >= 0.6 is 0 Å². The molecule has 0 saturated heterocycles. The van der Waals surface area contributed by atoms with E-state index in [0.717, 1.165) is 37.0 Å². The third kappa shape index (κ3) is 6.09. The van der Waals surface area contributed by atoms with Crippen LogP contribution in [0.25, 0.3) is 0 Å². The van der Waals surface area contributed by atoms with Gasteiger partial charge in [-0.05, 0) is 49.7 Å². The van der Waals surface area contributed by atoms with E-state index in [0.29, 0.717) is 12.5 Å². The highest BCUT2D eigenvalue weighted by Crippen LogP contribution is 2.42. The number of carboxylic acid groups (broad SMARTS) is 1. The highest BCUT2D eigenvalue weighted by Gasteiger charge is 2.34. The van der Waals surface area contributed by atoms with Gasteiger partial charge in [0.1, 0.15) is 0 Å². The van der Waals surface area contributed by atoms with E-state index < -0.39 is 5.97 Å². The van der Waals surface area contributed by atoms with Gasteiger partial charge in [0, 0.05) is 0 Å². The Kier molecular flexibility index (Phi) is 7.13. The summed E-state index contributed by atoms with van der Waals surface area (Å²) in [5, 5.41) is 9.08. The topological polar surface area (TPSA) is 46.5 Å². The molecule has 0 aromatic carbocycles. The molecule has 1 N–H and O–H groups in total. The van der Waals surface area contributed by atoms with Crippen molar-refractivity contribution in [1.29, 1.82) is 0 Å². The Morgan fingerprint density at radius 3 is 2.70 bits per heavy atom. The zero-order valence-corrected chi connectivity index (χ0v) is 12.6. The molecule has 20 heavy (non-hydrogen) atoms. The van der Waals surface area contributed by atoms with Crippen LogP contribution in [0, 0.1) is 11.8 Å². The van der Waals surface area contributed by atoms with Crippen LogP contribution < -0.4 is 0 Å². The molecule has 3 heteroatoms. The van der Waals surface area contributed by atoms with Crippen LogP contribution in [0.5, 0.6) is 0 Å². The number of carboxylic acids is 1. The van der Waals surface area contributed by atoms with E-state index in [4.69, 9.17) is 9.84 Å². The molecular weight excluding hydrogens is 252 g/mol. The van der Waals surface area contributed by atoms with Crippen LogP contribution in [0.3, 0.4) is 0 Å². The largest absolute Gasteiger partial charge is 0.498 e. The lowest BCUT2D eigenvalue weighted by Gasteiger charge is -2.16. The molecule has 1 atom stereocenters. The summed E-state index contributed by atoms with van der Waals surface area (Å²) in [6.07, 6.45) is 10.2. The van der Waals surface area contributed by atoms with Gasteiger partial charge in [0.05, 0.1) is 18.8 Å². The van der Waals surface area contributed by atoms with Gasteiger partial charge in [0.2, 0.25) is 0 Å². The maximum Gasteiger partial charge on any atom is 0.303 e. The van der Waals surface area contributed by atoms with Crippen molar-refractivity contribution in [2.24, 2.45) is 11.8 Å². The van der Waals surface area contributed by atoms with Crippen molar-refractivity contribution in [1.82, 2.24) is 0 Å². The van der Waals surface area contributed by atoms with Gasteiger partial charge in [-0.2, -0.15) is 0 Å². The van der Waals surface area contributed by atoms with E-state index >= 15 is 0 Å². The number of carbonyl (C=O) groups is 1. The van der Waals surface area contributed by atoms with Crippen molar-refractivity contribution >= 4 is 5.97 Å². The molecule has 1 unspecified atom stereocenters. The van der Waals surface area contributed by atoms with E-state index in [2.05, 4.69) is 13.5 Å². The molecule has 3 nitrogen and oxygen atoms in total. The monoisotopic (exact) mass is 278 g/mol. The molecule has 0 radical (unpaired) electrons. The number of hydrogen-bond donors (Lipinski definition) is 1. The van der Waals surface area contributed by atoms with Crippen molar-refractivity contribution in [2.45, 2.75) is 46.0 Å². The summed E-state index contributed by atoms with van der Waals surface area (Å²) in [5.41, 5.74) is 1.03. The summed E-state index contributed by atoms with van der Waals surface area (Å²) in [4.78, 5) is 11.0. The second-order valence-corrected chi connectivity index (χ2v) is 5.40. The van der Waals surface area contributed by atoms with E-state index in [1.54, 1.807) is 6.08 Å². The average Bonchev–Trinajstić information content (AvgIpc) is 3.20. The van der Waals surface area contributed by atoms with E-state index in [1.165, 1.54) is 0 Å². The Balaban J connectivity index is 2.75. The second-order valence-electron chi connectivity index (χ2n) is 5.40. The van der Waals surface area contributed by atoms with Crippen LogP contribution in [-0.4, -0.2) is 17.7 Å². The predicted molar refractivity (Wildman–Crippen MR) is 81.4 cm³/mol. The molecule has 0 spiro atoms. The molecule has 1 saturated carbocycles. The quantitative estimate of drug-likeness (QED) is 0.368. The van der Waals surface area contributed by atoms with Crippen LogP contribution in [0.4, 0.5) is 0 Å². The van der Waals surface area contributed by atoms with E-state index in [9.17, 15) is 4.79 Å². The van der Waals surface area contributed by atoms with Crippen molar-refractivity contribution < 1.29 is 14.6 Å². The number of aliphatic carboxylic acids is 1. The molecule has 1 fully saturated rings. The van der Waals surface area contributed by atoms with E-state index in [-0.39, 0.29) is 12.3 Å². The molecule has 0 aromatic heterocycles. The fourth-order valence-electron chi connectivity index (χ4n) is 2.31. The van der Waals surface area contributed by atoms with Crippen LogP contribution in [0.2, 0.25) is 0 Å². The molecule has 0 amide bonds. The van der Waals surface area contributed by atoms with Gasteiger partial charge in [-0.15, -0.1) is 0 Å². The Hall–Kier alpha value is -1.51. The summed E-state index contributed by atoms with van der Waals surface area (Å²) in [5.74, 6) is 0.685. The molecular formula is C17H26O3. The minimum atomic E-state index is -0.741. The number of rotatable bonds is 10. The fraction of sp³-hybridized carbons (Fsp3) is 0.588. The van der Waals surface area contributed by atoms with Gasteiger partial charge in [0.15, 0.2) is 0 Å². The summed E-state index contributed by atoms with van der Waals surface area (Å²) < 4.78 is 5.65. The third-order valence-electron chi connectivity index (χ3n) is 3.52. The van der Waals surface area contributed by atoms with Crippen molar-refractivity contribution in [3.63, 3.8) is 0 Å². The molecule has 0 aromatic rings. The van der Waals surface area contributed by atoms with Crippen LogP contribution in [-0.2, 0) is 9.53 Å². The van der Waals surface area contributed by atoms with Crippen molar-refractivity contribution in [3.05, 3.63) is 36.1 Å². The standard InChI is InChI=1S/C17H26O3/c1-4-6-10-20-13(3)11-15(7-5-2)16(12-17(18)19)14-8-9-14/h5,7,11,14,16H,2,4,6,8-10,12H2,1,3H3,(H,18,19)/b13-11+,15-7+. The summed E-state index contributed by atoms with van der Waals surface area (Å²) in [6, 6.07) is 0. The van der Waals surface area contributed by atoms with Gasteiger partial charge >= 0.3 is 5.97 Å². The third-order valence-corrected chi connectivity index (χ3v) is 3.52. The first-order valence-electron chi connectivity index (χ1n) is 7.44. The summed E-state index contributed by atoms with van der Waals surface area (Å²) >= 11 is 0. The Bertz CT molecular complexity index is 389. The highest BCUT2D eigenvalue weighted by molar-refractivity contribution is 5.68. The zero-order chi connectivity index (χ0) is 15.0. The van der Waals surface area contributed by atoms with Gasteiger partial charge in [-0.3, -0.25) is 4.79 Å². The van der Waals surface area contributed by atoms with Crippen LogP contribution in [0.15, 0.2) is 36.1 Å². The maximum atomic E-state index is 11.0. The molecule has 0 aliphatic heterocycles. The first-order valence-corrected chi connectivity index (χ1v) is 7.44. The number of allylic oxidation sites excluding steroid dienone is 5. The zero-order valence-electron chi connectivity index (χ0n) is 12.6. The smallest absolute Gasteiger partial charge is 0.303 e. The molecule has 0 bridgehead atoms. The lowest BCUT2D eigenvalue weighted by Crippen LogP contribution is -2.12. The second kappa shape index (κ2) is 8.62. The minimum Gasteiger partial charge on any atom is -0.498 e. The Labute approximate surface area is 122 Å². The highest BCUT2D eigenvalue weighted by atomic mass is 16.5. The molecule has 1 rings (SSSR count). The normalized spacial score (nSPS) is 17.7. The van der Waals surface area contributed by atoms with Gasteiger partial charge < -0.3 is 9.84 Å². The van der Waals surface area contributed by atoms with Crippen molar-refractivity contribution in [3.8, 4) is 0 Å². The Morgan fingerprint density at radius 1 is 1.50 bits per heavy atom. The lowest BCUT2D eigenvalue weighted by molar-refractivity contribution is -0.137. The molecule has 0 heterocycles. The summed E-state index contributed by atoms with van der Waals surface area (Å²) in [7, 11) is 0. The first kappa shape index (κ1) is 16.5.